The number of aromatic hydroxyl groups is 1. The quantitative estimate of drug-likeness (QED) is 0.557. The fourth-order valence-electron chi connectivity index (χ4n) is 5.24. The molecule has 2 aromatic rings. The summed E-state index contributed by atoms with van der Waals surface area (Å²) in [6, 6.07) is 11.1. The molecule has 5 nitrogen and oxygen atoms in total. The van der Waals surface area contributed by atoms with E-state index in [1.165, 1.54) is 57.4 Å². The Balaban J connectivity index is 1.26. The van der Waals surface area contributed by atoms with Gasteiger partial charge in [-0.2, -0.15) is 0 Å². The fourth-order valence-corrected chi connectivity index (χ4v) is 5.24. The third-order valence-corrected chi connectivity index (χ3v) is 7.15. The minimum Gasteiger partial charge on any atom is -0.507 e. The Hall–Kier alpha value is -2.69. The van der Waals surface area contributed by atoms with Gasteiger partial charge in [-0.15, -0.1) is 0 Å². The number of carbonyl (C=O) groups excluding carboxylic acids is 1. The summed E-state index contributed by atoms with van der Waals surface area (Å²) in [4.78, 5) is 12.8. The zero-order valence-corrected chi connectivity index (χ0v) is 18.6. The van der Waals surface area contributed by atoms with Crippen molar-refractivity contribution >= 4 is 5.78 Å². The molecule has 0 radical (unpaired) electrons. The highest BCUT2D eigenvalue weighted by Gasteiger charge is 2.31. The van der Waals surface area contributed by atoms with Gasteiger partial charge in [-0.25, -0.2) is 0 Å². The molecule has 1 N–H and O–H groups in total. The molecule has 2 saturated carbocycles. The van der Waals surface area contributed by atoms with Gasteiger partial charge in [0.2, 0.25) is 0 Å². The minimum absolute atomic E-state index is 0.0666. The first-order valence-corrected chi connectivity index (χ1v) is 12.1. The van der Waals surface area contributed by atoms with Crippen LogP contribution in [0.2, 0.25) is 0 Å². The highest BCUT2D eigenvalue weighted by Crippen LogP contribution is 2.42. The van der Waals surface area contributed by atoms with E-state index in [4.69, 9.17) is 14.2 Å². The largest absolute Gasteiger partial charge is 0.507 e. The molecule has 32 heavy (non-hydrogen) atoms. The smallest absolute Gasteiger partial charge is 0.174 e. The zero-order valence-electron chi connectivity index (χ0n) is 18.6. The van der Waals surface area contributed by atoms with E-state index in [0.717, 1.165) is 17.9 Å². The molecule has 5 heteroatoms. The van der Waals surface area contributed by atoms with Gasteiger partial charge in [0.25, 0.3) is 0 Å². The van der Waals surface area contributed by atoms with E-state index in [9.17, 15) is 9.90 Å². The first-order valence-electron chi connectivity index (χ1n) is 12.1. The lowest BCUT2D eigenvalue weighted by atomic mass is 9.95. The maximum absolute atomic E-state index is 12.8. The van der Waals surface area contributed by atoms with Gasteiger partial charge < -0.3 is 19.3 Å². The molecule has 0 bridgehead atoms. The lowest BCUT2D eigenvalue weighted by Crippen LogP contribution is -2.20. The van der Waals surface area contributed by atoms with E-state index in [0.29, 0.717) is 29.9 Å². The second-order valence-corrected chi connectivity index (χ2v) is 9.54. The Labute approximate surface area is 189 Å². The molecule has 0 saturated heterocycles. The predicted molar refractivity (Wildman–Crippen MR) is 122 cm³/mol. The van der Waals surface area contributed by atoms with Crippen molar-refractivity contribution in [1.82, 2.24) is 0 Å². The number of fused-ring (bicyclic) bond motifs is 1. The summed E-state index contributed by atoms with van der Waals surface area (Å²) in [6.45, 7) is 1.41. The van der Waals surface area contributed by atoms with Gasteiger partial charge in [0, 0.05) is 12.1 Å². The van der Waals surface area contributed by atoms with Crippen molar-refractivity contribution in [2.45, 2.75) is 63.9 Å². The van der Waals surface area contributed by atoms with Crippen LogP contribution in [0, 0.1) is 11.8 Å². The van der Waals surface area contributed by atoms with E-state index < -0.39 is 0 Å². The number of phenols is 1. The molecule has 2 aliphatic carbocycles. The number of hydrogen-bond acceptors (Lipinski definition) is 5. The number of Topliss-reactive ketones (excluding diaryl/α,β-unsaturated/α-hetero) is 1. The number of ketones is 1. The molecule has 0 spiro atoms. The van der Waals surface area contributed by atoms with Crippen molar-refractivity contribution in [3.63, 3.8) is 0 Å². The SMILES string of the molecule is O=C1CC(c2ccc(OCC3CCCC3)cc2)Oc2cc(OCC3CCCC3)cc(O)c21. The number of rotatable bonds is 7. The fraction of sp³-hybridized carbons (Fsp3) is 0.519. The summed E-state index contributed by atoms with van der Waals surface area (Å²) >= 11 is 0. The number of hydrogen-bond donors (Lipinski definition) is 1. The maximum atomic E-state index is 12.8. The number of benzene rings is 2. The predicted octanol–water partition coefficient (Wildman–Crippen LogP) is 6.24. The minimum atomic E-state index is -0.386. The lowest BCUT2D eigenvalue weighted by molar-refractivity contribution is 0.0844. The molecule has 170 valence electrons. The highest BCUT2D eigenvalue weighted by molar-refractivity contribution is 6.02. The number of carbonyl (C=O) groups is 1. The molecule has 3 aliphatic rings. The van der Waals surface area contributed by atoms with E-state index in [1.54, 1.807) is 6.07 Å². The third kappa shape index (κ3) is 4.72. The first-order chi connectivity index (χ1) is 15.7. The van der Waals surface area contributed by atoms with Crippen LogP contribution in [0.1, 0.15) is 79.8 Å². The molecule has 1 atom stereocenters. The third-order valence-electron chi connectivity index (χ3n) is 7.15. The molecule has 1 aliphatic heterocycles. The van der Waals surface area contributed by atoms with E-state index in [-0.39, 0.29) is 29.6 Å². The van der Waals surface area contributed by atoms with Crippen molar-refractivity contribution < 1.29 is 24.1 Å². The molecule has 1 unspecified atom stereocenters. The summed E-state index contributed by atoms with van der Waals surface area (Å²) < 4.78 is 18.0. The Bertz CT molecular complexity index is 939. The monoisotopic (exact) mass is 436 g/mol. The van der Waals surface area contributed by atoms with E-state index in [2.05, 4.69) is 0 Å². The lowest BCUT2D eigenvalue weighted by Gasteiger charge is -2.27. The van der Waals surface area contributed by atoms with Crippen molar-refractivity contribution in [2.24, 2.45) is 11.8 Å². The average Bonchev–Trinajstić information content (AvgIpc) is 3.50. The summed E-state index contributed by atoms with van der Waals surface area (Å²) in [7, 11) is 0. The van der Waals surface area contributed by atoms with E-state index in [1.807, 2.05) is 24.3 Å². The van der Waals surface area contributed by atoms with Gasteiger partial charge in [0.15, 0.2) is 5.78 Å². The molecular weight excluding hydrogens is 404 g/mol. The van der Waals surface area contributed by atoms with Crippen molar-refractivity contribution in [3.05, 3.63) is 47.5 Å². The van der Waals surface area contributed by atoms with Gasteiger partial charge >= 0.3 is 0 Å². The normalized spacial score (nSPS) is 21.4. The van der Waals surface area contributed by atoms with Crippen LogP contribution in [-0.4, -0.2) is 24.1 Å². The van der Waals surface area contributed by atoms with Crippen LogP contribution >= 0.6 is 0 Å². The maximum Gasteiger partial charge on any atom is 0.174 e. The Morgan fingerprint density at radius 2 is 1.44 bits per heavy atom. The molecular formula is C27H32O5. The zero-order chi connectivity index (χ0) is 21.9. The van der Waals surface area contributed by atoms with Gasteiger partial charge in [0.1, 0.15) is 34.7 Å². The molecule has 0 aromatic heterocycles. The molecule has 2 fully saturated rings. The van der Waals surface area contributed by atoms with Gasteiger partial charge in [-0.05, 0) is 55.2 Å². The Morgan fingerprint density at radius 3 is 2.06 bits per heavy atom. The summed E-state index contributed by atoms with van der Waals surface area (Å²) in [5.74, 6) is 2.86. The van der Waals surface area contributed by atoms with Crippen LogP contribution in [0.25, 0.3) is 0 Å². The summed E-state index contributed by atoms with van der Waals surface area (Å²) in [6.07, 6.45) is 9.84. The van der Waals surface area contributed by atoms with Gasteiger partial charge in [-0.3, -0.25) is 4.79 Å². The van der Waals surface area contributed by atoms with Crippen molar-refractivity contribution in [1.29, 1.82) is 0 Å². The molecule has 1 heterocycles. The standard InChI is InChI=1S/C27H32O5/c28-23-13-22(31-17-19-7-3-4-8-19)14-26-27(23)24(29)15-25(32-26)20-9-11-21(12-10-20)30-16-18-5-1-2-6-18/h9-14,18-19,25,28H,1-8,15-17H2. The van der Waals surface area contributed by atoms with Crippen LogP contribution in [0.15, 0.2) is 36.4 Å². The summed E-state index contributed by atoms with van der Waals surface area (Å²) in [5, 5.41) is 10.4. The summed E-state index contributed by atoms with van der Waals surface area (Å²) in [5.41, 5.74) is 1.18. The second kappa shape index (κ2) is 9.43. The molecule has 0 amide bonds. The Kier molecular flexibility index (Phi) is 6.24. The Morgan fingerprint density at radius 1 is 0.844 bits per heavy atom. The number of phenolic OH excluding ortho intramolecular Hbond substituents is 1. The van der Waals surface area contributed by atoms with Crippen LogP contribution in [-0.2, 0) is 0 Å². The van der Waals surface area contributed by atoms with Crippen LogP contribution < -0.4 is 14.2 Å². The average molecular weight is 437 g/mol. The highest BCUT2D eigenvalue weighted by atomic mass is 16.5. The van der Waals surface area contributed by atoms with Crippen molar-refractivity contribution in [3.8, 4) is 23.0 Å². The van der Waals surface area contributed by atoms with Crippen LogP contribution in [0.4, 0.5) is 0 Å². The molecule has 2 aromatic carbocycles. The first kappa shape index (κ1) is 21.2. The van der Waals surface area contributed by atoms with Gasteiger partial charge in [-0.1, -0.05) is 37.8 Å². The van der Waals surface area contributed by atoms with Crippen LogP contribution in [0.3, 0.4) is 0 Å². The van der Waals surface area contributed by atoms with E-state index >= 15 is 0 Å². The van der Waals surface area contributed by atoms with Gasteiger partial charge in [0.05, 0.1) is 19.6 Å². The van der Waals surface area contributed by atoms with Crippen LogP contribution in [0.5, 0.6) is 23.0 Å². The van der Waals surface area contributed by atoms with Crippen molar-refractivity contribution in [2.75, 3.05) is 13.2 Å². The second-order valence-electron chi connectivity index (χ2n) is 9.54. The number of ether oxygens (including phenoxy) is 3. The molecule has 5 rings (SSSR count). The topological polar surface area (TPSA) is 65.0 Å².